The Morgan fingerprint density at radius 3 is 2.67 bits per heavy atom. The number of hydrogen-bond acceptors (Lipinski definition) is 5. The Balaban J connectivity index is 1.92. The SMILES string of the molecule is C/C(=N/N=C1\NC(=O)[C@@H](CC(=O)Nc2ccc(I)cc2)S1)C(C)C. The first-order valence-electron chi connectivity index (χ1n) is 7.50. The second-order valence-corrected chi connectivity index (χ2v) is 8.09. The molecule has 2 amide bonds. The molecule has 0 spiro atoms. The number of rotatable bonds is 5. The van der Waals surface area contributed by atoms with Gasteiger partial charge in [-0.1, -0.05) is 25.6 Å². The van der Waals surface area contributed by atoms with Crippen LogP contribution in [0.5, 0.6) is 0 Å². The monoisotopic (exact) mass is 458 g/mol. The number of benzene rings is 1. The number of anilines is 1. The average Bonchev–Trinajstić information content (AvgIpc) is 2.87. The number of halogens is 1. The third-order valence-electron chi connectivity index (χ3n) is 3.41. The van der Waals surface area contributed by atoms with Crippen LogP contribution >= 0.6 is 34.4 Å². The third kappa shape index (κ3) is 5.59. The lowest BCUT2D eigenvalue weighted by molar-refractivity contribution is -0.122. The lowest BCUT2D eigenvalue weighted by atomic mass is 10.1. The van der Waals surface area contributed by atoms with E-state index in [1.165, 1.54) is 11.8 Å². The summed E-state index contributed by atoms with van der Waals surface area (Å²) in [7, 11) is 0. The maximum Gasteiger partial charge on any atom is 0.240 e. The summed E-state index contributed by atoms with van der Waals surface area (Å²) in [5, 5.41) is 13.6. The maximum atomic E-state index is 12.1. The fourth-order valence-electron chi connectivity index (χ4n) is 1.74. The van der Waals surface area contributed by atoms with Crippen LogP contribution in [0, 0.1) is 9.49 Å². The minimum absolute atomic E-state index is 0.0917. The van der Waals surface area contributed by atoms with Crippen LogP contribution in [0.25, 0.3) is 0 Å². The number of nitrogens with one attached hydrogen (secondary N) is 2. The molecule has 1 aromatic rings. The normalized spacial score (nSPS) is 19.7. The molecule has 1 atom stereocenters. The van der Waals surface area contributed by atoms with Gasteiger partial charge in [-0.15, -0.1) is 5.10 Å². The van der Waals surface area contributed by atoms with Gasteiger partial charge < -0.3 is 10.6 Å². The number of carbonyl (C=O) groups is 2. The zero-order chi connectivity index (χ0) is 17.7. The van der Waals surface area contributed by atoms with Gasteiger partial charge in [0.2, 0.25) is 11.8 Å². The summed E-state index contributed by atoms with van der Waals surface area (Å²) in [6, 6.07) is 7.48. The Kier molecular flexibility index (Phi) is 6.79. The van der Waals surface area contributed by atoms with Crippen LogP contribution in [0.15, 0.2) is 34.5 Å². The van der Waals surface area contributed by atoms with E-state index in [2.05, 4.69) is 43.4 Å². The van der Waals surface area contributed by atoms with Crippen molar-refractivity contribution >= 4 is 62.7 Å². The predicted molar refractivity (Wildman–Crippen MR) is 107 cm³/mol. The maximum absolute atomic E-state index is 12.1. The van der Waals surface area contributed by atoms with E-state index in [-0.39, 0.29) is 18.2 Å². The molecule has 2 N–H and O–H groups in total. The number of amidine groups is 1. The fourth-order valence-corrected chi connectivity index (χ4v) is 3.02. The van der Waals surface area contributed by atoms with Crippen molar-refractivity contribution in [3.8, 4) is 0 Å². The zero-order valence-corrected chi connectivity index (χ0v) is 16.6. The Morgan fingerprint density at radius 2 is 2.04 bits per heavy atom. The van der Waals surface area contributed by atoms with Crippen molar-refractivity contribution in [3.05, 3.63) is 27.8 Å². The van der Waals surface area contributed by atoms with Gasteiger partial charge in [0.25, 0.3) is 0 Å². The highest BCUT2D eigenvalue weighted by Crippen LogP contribution is 2.23. The van der Waals surface area contributed by atoms with Crippen molar-refractivity contribution in [2.75, 3.05) is 5.32 Å². The summed E-state index contributed by atoms with van der Waals surface area (Å²) in [5.74, 6) is -0.118. The second-order valence-electron chi connectivity index (χ2n) is 5.66. The van der Waals surface area contributed by atoms with Gasteiger partial charge >= 0.3 is 0 Å². The minimum Gasteiger partial charge on any atom is -0.326 e. The van der Waals surface area contributed by atoms with Crippen LogP contribution in [0.1, 0.15) is 27.2 Å². The second kappa shape index (κ2) is 8.61. The largest absolute Gasteiger partial charge is 0.326 e. The fraction of sp³-hybridized carbons (Fsp3) is 0.375. The number of amides is 2. The minimum atomic E-state index is -0.484. The van der Waals surface area contributed by atoms with Gasteiger partial charge in [0.1, 0.15) is 5.25 Å². The zero-order valence-electron chi connectivity index (χ0n) is 13.7. The molecule has 1 aliphatic rings. The molecule has 1 fully saturated rings. The number of carbonyl (C=O) groups excluding carboxylic acids is 2. The van der Waals surface area contributed by atoms with E-state index in [0.29, 0.717) is 11.1 Å². The van der Waals surface area contributed by atoms with Crippen LogP contribution in [-0.2, 0) is 9.59 Å². The summed E-state index contributed by atoms with van der Waals surface area (Å²) >= 11 is 3.43. The topological polar surface area (TPSA) is 82.9 Å². The van der Waals surface area contributed by atoms with Gasteiger partial charge in [-0.2, -0.15) is 5.10 Å². The van der Waals surface area contributed by atoms with Gasteiger partial charge in [-0.25, -0.2) is 0 Å². The summed E-state index contributed by atoms with van der Waals surface area (Å²) < 4.78 is 1.09. The smallest absolute Gasteiger partial charge is 0.240 e. The molecule has 24 heavy (non-hydrogen) atoms. The van der Waals surface area contributed by atoms with Gasteiger partial charge in [0.15, 0.2) is 5.17 Å². The van der Waals surface area contributed by atoms with Crippen LogP contribution < -0.4 is 10.6 Å². The average molecular weight is 458 g/mol. The Bertz CT molecular complexity index is 686. The van der Waals surface area contributed by atoms with Crippen LogP contribution in [0.4, 0.5) is 5.69 Å². The summed E-state index contributed by atoms with van der Waals surface area (Å²) in [4.78, 5) is 24.0. The number of nitrogens with zero attached hydrogens (tertiary/aromatic N) is 2. The Labute approximate surface area is 159 Å². The summed E-state index contributed by atoms with van der Waals surface area (Å²) in [5.41, 5.74) is 1.60. The first kappa shape index (κ1) is 18.9. The number of thioether (sulfide) groups is 1. The van der Waals surface area contributed by atoms with Crippen molar-refractivity contribution in [2.45, 2.75) is 32.4 Å². The third-order valence-corrected chi connectivity index (χ3v) is 5.20. The molecule has 0 bridgehead atoms. The van der Waals surface area contributed by atoms with Gasteiger partial charge in [0, 0.05) is 21.4 Å². The van der Waals surface area contributed by atoms with Gasteiger partial charge in [-0.3, -0.25) is 9.59 Å². The molecule has 1 heterocycles. The predicted octanol–water partition coefficient (Wildman–Crippen LogP) is 3.24. The highest BCUT2D eigenvalue weighted by molar-refractivity contribution is 14.1. The molecular formula is C16H19IN4O2S. The molecule has 1 aromatic carbocycles. The summed E-state index contributed by atoms with van der Waals surface area (Å²) in [6.07, 6.45) is 0.0917. The molecule has 0 saturated carbocycles. The van der Waals surface area contributed by atoms with Crippen LogP contribution in [-0.4, -0.2) is 27.9 Å². The van der Waals surface area contributed by atoms with Crippen molar-refractivity contribution in [1.82, 2.24) is 5.32 Å². The van der Waals surface area contributed by atoms with Crippen LogP contribution in [0.2, 0.25) is 0 Å². The van der Waals surface area contributed by atoms with E-state index < -0.39 is 5.25 Å². The standard InChI is InChI=1S/C16H19IN4O2S/c1-9(2)10(3)20-21-16-19-15(23)13(24-16)8-14(22)18-12-6-4-11(17)5-7-12/h4-7,9,13H,8H2,1-3H3,(H,18,22)(H,19,21,23)/b20-10-/t13-/m1/s1. The highest BCUT2D eigenvalue weighted by Gasteiger charge is 2.32. The molecule has 1 aliphatic heterocycles. The first-order chi connectivity index (χ1) is 11.3. The molecular weight excluding hydrogens is 439 g/mol. The van der Waals surface area contributed by atoms with E-state index in [9.17, 15) is 9.59 Å². The molecule has 6 nitrogen and oxygen atoms in total. The Morgan fingerprint density at radius 1 is 1.38 bits per heavy atom. The van der Waals surface area contributed by atoms with Crippen LogP contribution in [0.3, 0.4) is 0 Å². The van der Waals surface area contributed by atoms with Crippen molar-refractivity contribution in [3.63, 3.8) is 0 Å². The van der Waals surface area contributed by atoms with Gasteiger partial charge in [0.05, 0.1) is 0 Å². The van der Waals surface area contributed by atoms with E-state index in [1.54, 1.807) is 0 Å². The molecule has 2 rings (SSSR count). The molecule has 0 radical (unpaired) electrons. The highest BCUT2D eigenvalue weighted by atomic mass is 127. The first-order valence-corrected chi connectivity index (χ1v) is 9.46. The molecule has 0 aromatic heterocycles. The summed E-state index contributed by atoms with van der Waals surface area (Å²) in [6.45, 7) is 5.94. The quantitative estimate of drug-likeness (QED) is 0.404. The lowest BCUT2D eigenvalue weighted by Crippen LogP contribution is -2.28. The molecule has 1 saturated heterocycles. The van der Waals surface area contributed by atoms with E-state index in [1.807, 2.05) is 45.0 Å². The van der Waals surface area contributed by atoms with E-state index >= 15 is 0 Å². The Hall–Kier alpha value is -1.42. The molecule has 128 valence electrons. The lowest BCUT2D eigenvalue weighted by Gasteiger charge is -2.07. The molecule has 0 unspecified atom stereocenters. The molecule has 0 aliphatic carbocycles. The van der Waals surface area contributed by atoms with Gasteiger partial charge in [-0.05, 0) is 59.7 Å². The van der Waals surface area contributed by atoms with Crippen molar-refractivity contribution in [1.29, 1.82) is 0 Å². The van der Waals surface area contributed by atoms with E-state index in [0.717, 1.165) is 15.0 Å². The number of hydrogen-bond donors (Lipinski definition) is 2. The van der Waals surface area contributed by atoms with Crippen molar-refractivity contribution in [2.24, 2.45) is 16.1 Å². The van der Waals surface area contributed by atoms with Crippen molar-refractivity contribution < 1.29 is 9.59 Å². The molecule has 8 heteroatoms. The van der Waals surface area contributed by atoms with E-state index in [4.69, 9.17) is 0 Å².